The summed E-state index contributed by atoms with van der Waals surface area (Å²) in [6, 6.07) is 16.1. The third-order valence-electron chi connectivity index (χ3n) is 7.19. The molecule has 0 saturated carbocycles. The van der Waals surface area contributed by atoms with Crippen LogP contribution in [0, 0.1) is 12.8 Å². The molecule has 1 atom stereocenters. The van der Waals surface area contributed by atoms with Crippen LogP contribution in [0.4, 0.5) is 0 Å². The normalized spacial score (nSPS) is 19.8. The van der Waals surface area contributed by atoms with E-state index in [1.54, 1.807) is 10.4 Å². The Bertz CT molecular complexity index is 1270. The van der Waals surface area contributed by atoms with Crippen LogP contribution in [0.25, 0.3) is 11.3 Å². The number of aryl methyl sites for hydroxylation is 2. The molecule has 6 nitrogen and oxygen atoms in total. The maximum atomic E-state index is 13.8. The van der Waals surface area contributed by atoms with Crippen LogP contribution in [0.1, 0.15) is 42.1 Å². The zero-order valence-electron chi connectivity index (χ0n) is 20.0. The highest BCUT2D eigenvalue weighted by atomic mass is 32.2. The van der Waals surface area contributed by atoms with Crippen LogP contribution in [0.5, 0.6) is 0 Å². The molecular weight excluding hydrogens is 446 g/mol. The molecule has 2 aromatic carbocycles. The molecule has 0 N–H and O–H groups in total. The summed E-state index contributed by atoms with van der Waals surface area (Å²) in [5.74, 6) is 0.942. The first-order valence-corrected chi connectivity index (χ1v) is 13.7. The van der Waals surface area contributed by atoms with Gasteiger partial charge in [0.1, 0.15) is 0 Å². The number of hydrogen-bond donors (Lipinski definition) is 0. The fraction of sp³-hybridized carbons (Fsp3) is 0.444. The molecule has 180 valence electrons. The number of benzene rings is 2. The van der Waals surface area contributed by atoms with Crippen molar-refractivity contribution in [2.24, 2.45) is 5.92 Å². The van der Waals surface area contributed by atoms with Crippen LogP contribution in [0.2, 0.25) is 0 Å². The zero-order chi connectivity index (χ0) is 23.7. The summed E-state index contributed by atoms with van der Waals surface area (Å²) in [6.07, 6.45) is 3.70. The molecule has 3 heterocycles. The number of fused-ring (bicyclic) bond motifs is 1. The van der Waals surface area contributed by atoms with Crippen molar-refractivity contribution in [2.45, 2.75) is 51.0 Å². The second-order valence-electron chi connectivity index (χ2n) is 9.63. The lowest BCUT2D eigenvalue weighted by Gasteiger charge is -2.37. The summed E-state index contributed by atoms with van der Waals surface area (Å²) in [6.45, 7) is 7.96. The Labute approximate surface area is 202 Å². The second-order valence-corrected chi connectivity index (χ2v) is 11.5. The van der Waals surface area contributed by atoms with Crippen LogP contribution in [-0.4, -0.2) is 49.0 Å². The van der Waals surface area contributed by atoms with Gasteiger partial charge in [0, 0.05) is 44.4 Å². The predicted molar refractivity (Wildman–Crippen MR) is 133 cm³/mol. The summed E-state index contributed by atoms with van der Waals surface area (Å²) in [7, 11) is -3.60. The Morgan fingerprint density at radius 2 is 1.91 bits per heavy atom. The Morgan fingerprint density at radius 1 is 1.09 bits per heavy atom. The Kier molecular flexibility index (Phi) is 6.60. The predicted octanol–water partition coefficient (Wildman–Crippen LogP) is 4.67. The summed E-state index contributed by atoms with van der Waals surface area (Å²) >= 11 is 0. The van der Waals surface area contributed by atoms with Crippen molar-refractivity contribution < 1.29 is 12.9 Å². The molecule has 0 bridgehead atoms. The molecule has 1 saturated heterocycles. The SMILES string of the molecule is CCc1ccc(-c2cc(C)no2)cc1S(=O)(=O)N1CCCC(CN2CCc3ccccc3C2)C1. The van der Waals surface area contributed by atoms with Gasteiger partial charge in [0.15, 0.2) is 5.76 Å². The molecule has 1 fully saturated rings. The number of nitrogens with zero attached hydrogens (tertiary/aromatic N) is 3. The standard InChI is InChI=1S/C27H33N3O3S/c1-3-22-10-11-24(26-15-20(2)28-33-26)16-27(22)34(31,32)30-13-6-7-21(18-30)17-29-14-12-23-8-4-5-9-25(23)19-29/h4-5,8-11,15-16,21H,3,6-7,12-14,17-19H2,1-2H3. The largest absolute Gasteiger partial charge is 0.356 e. The van der Waals surface area contributed by atoms with Gasteiger partial charge in [0.2, 0.25) is 10.0 Å². The van der Waals surface area contributed by atoms with E-state index in [1.807, 2.05) is 32.0 Å². The number of piperidine rings is 1. The molecule has 3 aromatic rings. The lowest BCUT2D eigenvalue weighted by atomic mass is 9.95. The van der Waals surface area contributed by atoms with Crippen molar-refractivity contribution >= 4 is 10.0 Å². The fourth-order valence-corrected chi connectivity index (χ4v) is 7.22. The minimum atomic E-state index is -3.60. The van der Waals surface area contributed by atoms with Gasteiger partial charge in [-0.05, 0) is 61.3 Å². The van der Waals surface area contributed by atoms with Crippen molar-refractivity contribution in [1.82, 2.24) is 14.4 Å². The molecule has 0 aliphatic carbocycles. The molecule has 7 heteroatoms. The first kappa shape index (κ1) is 23.3. The van der Waals surface area contributed by atoms with Crippen LogP contribution >= 0.6 is 0 Å². The molecule has 0 radical (unpaired) electrons. The van der Waals surface area contributed by atoms with Gasteiger partial charge in [-0.1, -0.05) is 48.5 Å². The van der Waals surface area contributed by atoms with Gasteiger partial charge in [-0.2, -0.15) is 4.31 Å². The summed E-state index contributed by atoms with van der Waals surface area (Å²) in [4.78, 5) is 2.89. The third-order valence-corrected chi connectivity index (χ3v) is 9.13. The van der Waals surface area contributed by atoms with E-state index in [-0.39, 0.29) is 0 Å². The summed E-state index contributed by atoms with van der Waals surface area (Å²) < 4.78 is 34.8. The zero-order valence-corrected chi connectivity index (χ0v) is 20.9. The highest BCUT2D eigenvalue weighted by Crippen LogP contribution is 2.31. The van der Waals surface area contributed by atoms with Crippen LogP contribution in [0.3, 0.4) is 0 Å². The van der Waals surface area contributed by atoms with E-state index in [1.165, 1.54) is 11.1 Å². The molecule has 2 aliphatic heterocycles. The van der Waals surface area contributed by atoms with Gasteiger partial charge in [-0.3, -0.25) is 4.90 Å². The molecule has 0 amide bonds. The van der Waals surface area contributed by atoms with E-state index in [0.717, 1.165) is 55.7 Å². The van der Waals surface area contributed by atoms with Crippen molar-refractivity contribution in [3.05, 3.63) is 70.9 Å². The maximum absolute atomic E-state index is 13.8. The molecule has 2 aliphatic rings. The second kappa shape index (κ2) is 9.64. The lowest BCUT2D eigenvalue weighted by molar-refractivity contribution is 0.167. The van der Waals surface area contributed by atoms with Crippen LogP contribution < -0.4 is 0 Å². The van der Waals surface area contributed by atoms with E-state index < -0.39 is 10.0 Å². The Morgan fingerprint density at radius 3 is 2.68 bits per heavy atom. The Hall–Kier alpha value is -2.48. The van der Waals surface area contributed by atoms with E-state index in [4.69, 9.17) is 4.52 Å². The number of hydrogen-bond acceptors (Lipinski definition) is 5. The molecule has 34 heavy (non-hydrogen) atoms. The van der Waals surface area contributed by atoms with E-state index in [9.17, 15) is 8.42 Å². The molecule has 0 spiro atoms. The average molecular weight is 480 g/mol. The van der Waals surface area contributed by atoms with Crippen molar-refractivity contribution in [2.75, 3.05) is 26.2 Å². The maximum Gasteiger partial charge on any atom is 0.243 e. The highest BCUT2D eigenvalue weighted by molar-refractivity contribution is 7.89. The summed E-state index contributed by atoms with van der Waals surface area (Å²) in [5, 5.41) is 3.96. The first-order chi connectivity index (χ1) is 16.4. The molecule has 1 aromatic heterocycles. The Balaban J connectivity index is 1.34. The first-order valence-electron chi connectivity index (χ1n) is 12.3. The highest BCUT2D eigenvalue weighted by Gasteiger charge is 2.33. The van der Waals surface area contributed by atoms with Crippen molar-refractivity contribution in [3.63, 3.8) is 0 Å². The van der Waals surface area contributed by atoms with Gasteiger partial charge in [-0.15, -0.1) is 0 Å². The molecule has 1 unspecified atom stereocenters. The average Bonchev–Trinajstić information content (AvgIpc) is 3.30. The quantitative estimate of drug-likeness (QED) is 0.514. The number of rotatable bonds is 6. The number of aromatic nitrogens is 1. The minimum Gasteiger partial charge on any atom is -0.356 e. The monoisotopic (exact) mass is 479 g/mol. The smallest absolute Gasteiger partial charge is 0.243 e. The molecule has 5 rings (SSSR count). The van der Waals surface area contributed by atoms with Gasteiger partial charge in [0.05, 0.1) is 10.6 Å². The van der Waals surface area contributed by atoms with Crippen molar-refractivity contribution in [3.8, 4) is 11.3 Å². The van der Waals surface area contributed by atoms with Crippen LogP contribution in [-0.2, 0) is 29.4 Å². The topological polar surface area (TPSA) is 66.7 Å². The van der Waals surface area contributed by atoms with E-state index in [2.05, 4.69) is 34.3 Å². The fourth-order valence-electron chi connectivity index (χ4n) is 5.35. The van der Waals surface area contributed by atoms with E-state index >= 15 is 0 Å². The minimum absolute atomic E-state index is 0.346. The van der Waals surface area contributed by atoms with Crippen molar-refractivity contribution in [1.29, 1.82) is 0 Å². The lowest BCUT2D eigenvalue weighted by Crippen LogP contribution is -2.44. The van der Waals surface area contributed by atoms with Gasteiger partial charge in [0.25, 0.3) is 0 Å². The van der Waals surface area contributed by atoms with Gasteiger partial charge >= 0.3 is 0 Å². The summed E-state index contributed by atoms with van der Waals surface area (Å²) in [5.41, 5.74) is 5.21. The van der Waals surface area contributed by atoms with Gasteiger partial charge < -0.3 is 4.52 Å². The number of sulfonamides is 1. The molecular formula is C27H33N3O3S. The van der Waals surface area contributed by atoms with E-state index in [0.29, 0.717) is 36.1 Å². The van der Waals surface area contributed by atoms with Gasteiger partial charge in [-0.25, -0.2) is 8.42 Å². The van der Waals surface area contributed by atoms with Crippen LogP contribution in [0.15, 0.2) is 57.9 Å². The third kappa shape index (κ3) is 4.69.